The lowest BCUT2D eigenvalue weighted by atomic mass is 10.0. The van der Waals surface area contributed by atoms with E-state index in [9.17, 15) is 0 Å². The SMILES string of the molecule is CC[C@@H](C)Cc1nc(C)cnc1C. The van der Waals surface area contributed by atoms with Gasteiger partial charge in [0.25, 0.3) is 0 Å². The summed E-state index contributed by atoms with van der Waals surface area (Å²) in [6.07, 6.45) is 4.08. The largest absolute Gasteiger partial charge is 0.258 e. The van der Waals surface area contributed by atoms with Crippen LogP contribution in [0.4, 0.5) is 0 Å². The van der Waals surface area contributed by atoms with Crippen LogP contribution >= 0.6 is 0 Å². The summed E-state index contributed by atoms with van der Waals surface area (Å²) in [5, 5.41) is 0. The lowest BCUT2D eigenvalue weighted by Gasteiger charge is -2.09. The van der Waals surface area contributed by atoms with Crippen LogP contribution in [0.5, 0.6) is 0 Å². The lowest BCUT2D eigenvalue weighted by molar-refractivity contribution is 0.548. The Balaban J connectivity index is 2.81. The van der Waals surface area contributed by atoms with E-state index in [2.05, 4.69) is 23.8 Å². The maximum atomic E-state index is 4.50. The maximum Gasteiger partial charge on any atom is 0.0621 e. The molecule has 0 spiro atoms. The molecule has 0 bridgehead atoms. The van der Waals surface area contributed by atoms with Crippen LogP contribution in [-0.2, 0) is 6.42 Å². The molecule has 2 nitrogen and oxygen atoms in total. The molecule has 0 unspecified atom stereocenters. The first-order valence-electron chi connectivity index (χ1n) is 4.92. The highest BCUT2D eigenvalue weighted by molar-refractivity contribution is 5.12. The maximum absolute atomic E-state index is 4.50. The summed E-state index contributed by atoms with van der Waals surface area (Å²) in [6.45, 7) is 8.49. The van der Waals surface area contributed by atoms with E-state index in [1.165, 1.54) is 6.42 Å². The molecular weight excluding hydrogens is 160 g/mol. The van der Waals surface area contributed by atoms with Crippen molar-refractivity contribution in [3.63, 3.8) is 0 Å². The molecule has 0 N–H and O–H groups in total. The Bertz CT molecular complexity index is 281. The van der Waals surface area contributed by atoms with Crippen molar-refractivity contribution in [1.29, 1.82) is 0 Å². The van der Waals surface area contributed by atoms with Crippen molar-refractivity contribution in [2.75, 3.05) is 0 Å². The fraction of sp³-hybridized carbons (Fsp3) is 0.636. The first-order valence-corrected chi connectivity index (χ1v) is 4.92. The van der Waals surface area contributed by atoms with Crippen molar-refractivity contribution in [3.05, 3.63) is 23.3 Å². The molecule has 1 atom stereocenters. The number of nitrogens with zero attached hydrogens (tertiary/aromatic N) is 2. The summed E-state index contributed by atoms with van der Waals surface area (Å²) in [5.74, 6) is 0.704. The van der Waals surface area contributed by atoms with Gasteiger partial charge in [0.15, 0.2) is 0 Å². The topological polar surface area (TPSA) is 25.8 Å². The second-order valence-electron chi connectivity index (χ2n) is 3.76. The quantitative estimate of drug-likeness (QED) is 0.711. The highest BCUT2D eigenvalue weighted by atomic mass is 14.8. The fourth-order valence-corrected chi connectivity index (χ4v) is 1.26. The van der Waals surface area contributed by atoms with Gasteiger partial charge < -0.3 is 0 Å². The second kappa shape index (κ2) is 4.35. The molecule has 0 fully saturated rings. The van der Waals surface area contributed by atoms with Crippen LogP contribution in [0, 0.1) is 19.8 Å². The Hall–Kier alpha value is -0.920. The second-order valence-corrected chi connectivity index (χ2v) is 3.76. The van der Waals surface area contributed by atoms with Crippen molar-refractivity contribution in [2.24, 2.45) is 5.92 Å². The molecule has 1 aromatic heterocycles. The van der Waals surface area contributed by atoms with Gasteiger partial charge in [-0.15, -0.1) is 0 Å². The van der Waals surface area contributed by atoms with Crippen LogP contribution in [0.1, 0.15) is 37.4 Å². The van der Waals surface area contributed by atoms with Gasteiger partial charge in [0.1, 0.15) is 0 Å². The molecule has 0 aliphatic carbocycles. The number of hydrogen-bond donors (Lipinski definition) is 0. The summed E-state index contributed by atoms with van der Waals surface area (Å²) >= 11 is 0. The zero-order chi connectivity index (χ0) is 9.84. The van der Waals surface area contributed by atoms with Gasteiger partial charge in [0.2, 0.25) is 0 Å². The van der Waals surface area contributed by atoms with Crippen LogP contribution in [-0.4, -0.2) is 9.97 Å². The van der Waals surface area contributed by atoms with E-state index in [1.807, 2.05) is 20.0 Å². The van der Waals surface area contributed by atoms with Gasteiger partial charge in [-0.25, -0.2) is 0 Å². The van der Waals surface area contributed by atoms with Crippen LogP contribution in [0.15, 0.2) is 6.20 Å². The van der Waals surface area contributed by atoms with Crippen LogP contribution in [0.25, 0.3) is 0 Å². The molecule has 0 amide bonds. The predicted molar refractivity (Wildman–Crippen MR) is 54.7 cm³/mol. The smallest absolute Gasteiger partial charge is 0.0621 e. The molecule has 1 aromatic rings. The van der Waals surface area contributed by atoms with Crippen molar-refractivity contribution in [2.45, 2.75) is 40.5 Å². The van der Waals surface area contributed by atoms with E-state index in [-0.39, 0.29) is 0 Å². The normalized spacial score (nSPS) is 12.9. The molecule has 0 aliphatic heterocycles. The average Bonchev–Trinajstić information content (AvgIpc) is 2.11. The van der Waals surface area contributed by atoms with Crippen LogP contribution < -0.4 is 0 Å². The minimum absolute atomic E-state index is 0.704. The summed E-state index contributed by atoms with van der Waals surface area (Å²) in [5.41, 5.74) is 3.25. The Morgan fingerprint density at radius 1 is 1.38 bits per heavy atom. The summed E-state index contributed by atoms with van der Waals surface area (Å²) in [7, 11) is 0. The molecule has 0 saturated heterocycles. The number of rotatable bonds is 3. The van der Waals surface area contributed by atoms with Gasteiger partial charge in [-0.3, -0.25) is 9.97 Å². The molecule has 72 valence electrons. The third-order valence-corrected chi connectivity index (χ3v) is 2.41. The first kappa shape index (κ1) is 10.2. The standard InChI is InChI=1S/C11H18N2/c1-5-8(2)6-11-10(4)12-7-9(3)13-11/h7-8H,5-6H2,1-4H3/t8-/m1/s1. The molecule has 1 rings (SSSR count). The summed E-state index contributed by atoms with van der Waals surface area (Å²) in [6, 6.07) is 0. The van der Waals surface area contributed by atoms with Gasteiger partial charge >= 0.3 is 0 Å². The summed E-state index contributed by atoms with van der Waals surface area (Å²) < 4.78 is 0. The van der Waals surface area contributed by atoms with E-state index in [1.54, 1.807) is 0 Å². The molecule has 2 heteroatoms. The van der Waals surface area contributed by atoms with E-state index >= 15 is 0 Å². The van der Waals surface area contributed by atoms with Gasteiger partial charge in [0.05, 0.1) is 17.1 Å². The van der Waals surface area contributed by atoms with Gasteiger partial charge in [-0.05, 0) is 26.2 Å². The molecule has 0 radical (unpaired) electrons. The lowest BCUT2D eigenvalue weighted by Crippen LogP contribution is -2.05. The third kappa shape index (κ3) is 2.79. The first-order chi connectivity index (χ1) is 6.13. The zero-order valence-corrected chi connectivity index (χ0v) is 8.96. The molecule has 0 aromatic carbocycles. The molecule has 0 saturated carbocycles. The van der Waals surface area contributed by atoms with Crippen molar-refractivity contribution in [3.8, 4) is 0 Å². The fourth-order valence-electron chi connectivity index (χ4n) is 1.26. The number of aromatic nitrogens is 2. The Labute approximate surface area is 80.4 Å². The average molecular weight is 178 g/mol. The summed E-state index contributed by atoms with van der Waals surface area (Å²) in [4.78, 5) is 8.80. The molecule has 0 aliphatic rings. The zero-order valence-electron chi connectivity index (χ0n) is 8.96. The Morgan fingerprint density at radius 3 is 2.69 bits per heavy atom. The highest BCUT2D eigenvalue weighted by Crippen LogP contribution is 2.11. The van der Waals surface area contributed by atoms with E-state index < -0.39 is 0 Å². The van der Waals surface area contributed by atoms with E-state index in [4.69, 9.17) is 0 Å². The van der Waals surface area contributed by atoms with Crippen molar-refractivity contribution < 1.29 is 0 Å². The number of aryl methyl sites for hydroxylation is 2. The van der Waals surface area contributed by atoms with Gasteiger partial charge in [-0.2, -0.15) is 0 Å². The van der Waals surface area contributed by atoms with E-state index in [0.29, 0.717) is 5.92 Å². The van der Waals surface area contributed by atoms with Gasteiger partial charge in [0, 0.05) is 6.20 Å². The van der Waals surface area contributed by atoms with Crippen LogP contribution in [0.2, 0.25) is 0 Å². The molecule has 1 heterocycles. The Morgan fingerprint density at radius 2 is 2.08 bits per heavy atom. The van der Waals surface area contributed by atoms with Crippen molar-refractivity contribution in [1.82, 2.24) is 9.97 Å². The Kier molecular flexibility index (Phi) is 3.40. The highest BCUT2D eigenvalue weighted by Gasteiger charge is 2.06. The third-order valence-electron chi connectivity index (χ3n) is 2.41. The predicted octanol–water partition coefficient (Wildman–Crippen LogP) is 2.68. The molecular formula is C11H18N2. The monoisotopic (exact) mass is 178 g/mol. The van der Waals surface area contributed by atoms with Crippen molar-refractivity contribution >= 4 is 0 Å². The van der Waals surface area contributed by atoms with Gasteiger partial charge in [-0.1, -0.05) is 20.3 Å². The minimum atomic E-state index is 0.704. The van der Waals surface area contributed by atoms with E-state index in [0.717, 1.165) is 23.5 Å². The minimum Gasteiger partial charge on any atom is -0.258 e. The van der Waals surface area contributed by atoms with Crippen LogP contribution in [0.3, 0.4) is 0 Å². The molecule has 13 heavy (non-hydrogen) atoms. The number of hydrogen-bond acceptors (Lipinski definition) is 2.